The number of nitrogens with zero attached hydrogens (tertiary/aromatic N) is 3. The van der Waals surface area contributed by atoms with Gasteiger partial charge in [0.2, 0.25) is 11.9 Å². The second-order valence-corrected chi connectivity index (χ2v) is 9.00. The van der Waals surface area contributed by atoms with Crippen LogP contribution in [0.4, 0.5) is 29.3 Å². The number of halogens is 4. The fourth-order valence-electron chi connectivity index (χ4n) is 4.34. The molecular weight excluding hydrogens is 462 g/mol. The van der Waals surface area contributed by atoms with Crippen molar-refractivity contribution in [3.63, 3.8) is 0 Å². The molecule has 4 rings (SSSR count). The first-order chi connectivity index (χ1) is 16.6. The van der Waals surface area contributed by atoms with E-state index in [9.17, 15) is 22.4 Å². The predicted molar refractivity (Wildman–Crippen MR) is 126 cm³/mol. The van der Waals surface area contributed by atoms with Gasteiger partial charge in [-0.05, 0) is 49.9 Å². The summed E-state index contributed by atoms with van der Waals surface area (Å²) < 4.78 is 52.1. The summed E-state index contributed by atoms with van der Waals surface area (Å²) >= 11 is 0. The van der Waals surface area contributed by atoms with Crippen molar-refractivity contribution in [2.75, 3.05) is 24.3 Å². The molecule has 0 radical (unpaired) electrons. The van der Waals surface area contributed by atoms with Crippen molar-refractivity contribution in [2.45, 2.75) is 44.4 Å². The summed E-state index contributed by atoms with van der Waals surface area (Å²) in [6, 6.07) is 10.2. The summed E-state index contributed by atoms with van der Waals surface area (Å²) in [4.78, 5) is 23.8. The van der Waals surface area contributed by atoms with E-state index in [1.54, 1.807) is 0 Å². The zero-order valence-electron chi connectivity index (χ0n) is 19.5. The maximum atomic E-state index is 14.0. The Bertz CT molecular complexity index is 1210. The summed E-state index contributed by atoms with van der Waals surface area (Å²) in [5.41, 5.74) is -0.187. The van der Waals surface area contributed by atoms with Crippen LogP contribution in [-0.4, -0.2) is 36.0 Å². The van der Waals surface area contributed by atoms with Crippen molar-refractivity contribution in [3.8, 4) is 0 Å². The van der Waals surface area contributed by atoms with Crippen LogP contribution in [-0.2, 0) is 17.5 Å². The van der Waals surface area contributed by atoms with Gasteiger partial charge in [-0.1, -0.05) is 18.2 Å². The minimum atomic E-state index is -4.61. The highest BCUT2D eigenvalue weighted by atomic mass is 19.4. The molecule has 0 atom stereocenters. The molecule has 6 nitrogen and oxygen atoms in total. The van der Waals surface area contributed by atoms with Gasteiger partial charge in [0, 0.05) is 43.5 Å². The number of para-hydroxylation sites is 1. The van der Waals surface area contributed by atoms with E-state index in [0.29, 0.717) is 24.9 Å². The Labute approximate surface area is 200 Å². The van der Waals surface area contributed by atoms with Crippen molar-refractivity contribution in [2.24, 2.45) is 5.92 Å². The standard InChI is InChI=1S/C25H27F4N5O/c1-34(2)22-19-5-3-4-6-21(19)32-24(33-22)31-18-11-8-15(9-12-18)23(35)30-14-16-7-10-17(13-20(16)26)25(27,28)29/h3-7,10,13,15,18H,8-9,11-12,14H2,1-2H3,(H,30,35)(H,31,32,33). The first-order valence-corrected chi connectivity index (χ1v) is 11.5. The minimum absolute atomic E-state index is 0.0202. The lowest BCUT2D eigenvalue weighted by Gasteiger charge is -2.28. The number of nitrogens with one attached hydrogen (secondary N) is 2. The zero-order chi connectivity index (χ0) is 25.2. The molecule has 0 bridgehead atoms. The zero-order valence-corrected chi connectivity index (χ0v) is 19.5. The Kier molecular flexibility index (Phi) is 7.09. The molecule has 35 heavy (non-hydrogen) atoms. The van der Waals surface area contributed by atoms with Crippen LogP contribution in [0, 0.1) is 11.7 Å². The Hall–Kier alpha value is -3.43. The average molecular weight is 490 g/mol. The molecule has 3 aromatic rings. The SMILES string of the molecule is CN(C)c1nc(NC2CCC(C(=O)NCc3ccc(C(F)(F)F)cc3F)CC2)nc2ccccc12. The van der Waals surface area contributed by atoms with Gasteiger partial charge in [-0.2, -0.15) is 18.2 Å². The van der Waals surface area contributed by atoms with E-state index in [4.69, 9.17) is 0 Å². The van der Waals surface area contributed by atoms with Crippen molar-refractivity contribution in [1.82, 2.24) is 15.3 Å². The first kappa shape index (κ1) is 24.7. The summed E-state index contributed by atoms with van der Waals surface area (Å²) in [6.45, 7) is -0.154. The highest BCUT2D eigenvalue weighted by Crippen LogP contribution is 2.31. The van der Waals surface area contributed by atoms with Crippen LogP contribution in [0.5, 0.6) is 0 Å². The molecule has 2 aromatic carbocycles. The number of fused-ring (bicyclic) bond motifs is 1. The maximum Gasteiger partial charge on any atom is 0.416 e. The van der Waals surface area contributed by atoms with Gasteiger partial charge < -0.3 is 15.5 Å². The van der Waals surface area contributed by atoms with Gasteiger partial charge in [0.05, 0.1) is 11.1 Å². The Morgan fingerprint density at radius 2 is 1.77 bits per heavy atom. The third-order valence-electron chi connectivity index (χ3n) is 6.27. The molecule has 186 valence electrons. The molecule has 1 aliphatic carbocycles. The number of carbonyl (C=O) groups is 1. The highest BCUT2D eigenvalue weighted by molar-refractivity contribution is 5.90. The molecule has 0 spiro atoms. The van der Waals surface area contributed by atoms with Crippen LogP contribution in [0.1, 0.15) is 36.8 Å². The Morgan fingerprint density at radius 3 is 2.43 bits per heavy atom. The van der Waals surface area contributed by atoms with Crippen LogP contribution < -0.4 is 15.5 Å². The lowest BCUT2D eigenvalue weighted by molar-refractivity contribution is -0.137. The number of benzene rings is 2. The summed E-state index contributed by atoms with van der Waals surface area (Å²) in [5, 5.41) is 7.02. The number of hydrogen-bond acceptors (Lipinski definition) is 5. The Balaban J connectivity index is 1.32. The second kappa shape index (κ2) is 10.1. The molecule has 1 heterocycles. The number of amides is 1. The van der Waals surface area contributed by atoms with E-state index in [2.05, 4.69) is 20.6 Å². The second-order valence-electron chi connectivity index (χ2n) is 9.00. The van der Waals surface area contributed by atoms with Crippen LogP contribution in [0.15, 0.2) is 42.5 Å². The number of rotatable bonds is 6. The van der Waals surface area contributed by atoms with E-state index in [1.165, 1.54) is 0 Å². The molecule has 1 aromatic heterocycles. The van der Waals surface area contributed by atoms with Crippen LogP contribution in [0.2, 0.25) is 0 Å². The van der Waals surface area contributed by atoms with Gasteiger partial charge in [0.1, 0.15) is 11.6 Å². The maximum absolute atomic E-state index is 14.0. The molecular formula is C25H27F4N5O. The van der Waals surface area contributed by atoms with Gasteiger partial charge >= 0.3 is 6.18 Å². The van der Waals surface area contributed by atoms with E-state index < -0.39 is 17.6 Å². The molecule has 2 N–H and O–H groups in total. The first-order valence-electron chi connectivity index (χ1n) is 11.5. The van der Waals surface area contributed by atoms with Gasteiger partial charge in [0.15, 0.2) is 0 Å². The Morgan fingerprint density at radius 1 is 1.06 bits per heavy atom. The lowest BCUT2D eigenvalue weighted by Crippen LogP contribution is -2.36. The molecule has 10 heteroatoms. The number of hydrogen-bond donors (Lipinski definition) is 2. The number of carbonyl (C=O) groups excluding carboxylic acids is 1. The topological polar surface area (TPSA) is 70.2 Å². The summed E-state index contributed by atoms with van der Waals surface area (Å²) in [6.07, 6.45) is -1.87. The normalized spacial score (nSPS) is 18.3. The molecule has 0 aliphatic heterocycles. The van der Waals surface area contributed by atoms with E-state index in [-0.39, 0.29) is 30.0 Å². The lowest BCUT2D eigenvalue weighted by atomic mass is 9.85. The summed E-state index contributed by atoms with van der Waals surface area (Å²) in [7, 11) is 3.86. The van der Waals surface area contributed by atoms with Gasteiger partial charge in [-0.25, -0.2) is 9.37 Å². The molecule has 1 saturated carbocycles. The van der Waals surface area contributed by atoms with Gasteiger partial charge in [-0.15, -0.1) is 0 Å². The number of alkyl halides is 3. The van der Waals surface area contributed by atoms with Gasteiger partial charge in [0.25, 0.3) is 0 Å². The largest absolute Gasteiger partial charge is 0.416 e. The van der Waals surface area contributed by atoms with E-state index >= 15 is 0 Å². The van der Waals surface area contributed by atoms with Gasteiger partial charge in [-0.3, -0.25) is 4.79 Å². The molecule has 1 fully saturated rings. The molecule has 0 saturated heterocycles. The van der Waals surface area contributed by atoms with Crippen LogP contribution in [0.3, 0.4) is 0 Å². The molecule has 1 aliphatic rings. The smallest absolute Gasteiger partial charge is 0.362 e. The number of anilines is 2. The predicted octanol–water partition coefficient (Wildman–Crippen LogP) is 5.14. The fraction of sp³-hybridized carbons (Fsp3) is 0.400. The minimum Gasteiger partial charge on any atom is -0.362 e. The quantitative estimate of drug-likeness (QED) is 0.469. The van der Waals surface area contributed by atoms with E-state index in [1.807, 2.05) is 43.3 Å². The monoisotopic (exact) mass is 489 g/mol. The third kappa shape index (κ3) is 5.80. The van der Waals surface area contributed by atoms with Crippen molar-refractivity contribution < 1.29 is 22.4 Å². The van der Waals surface area contributed by atoms with Crippen LogP contribution >= 0.6 is 0 Å². The van der Waals surface area contributed by atoms with Crippen LogP contribution in [0.25, 0.3) is 10.9 Å². The third-order valence-corrected chi connectivity index (χ3v) is 6.27. The molecule has 0 unspecified atom stereocenters. The summed E-state index contributed by atoms with van der Waals surface area (Å²) in [5.74, 6) is -0.0831. The average Bonchev–Trinajstić information content (AvgIpc) is 2.82. The van der Waals surface area contributed by atoms with Crippen molar-refractivity contribution in [3.05, 3.63) is 59.4 Å². The highest BCUT2D eigenvalue weighted by Gasteiger charge is 2.31. The van der Waals surface area contributed by atoms with Crippen molar-refractivity contribution in [1.29, 1.82) is 0 Å². The van der Waals surface area contributed by atoms with Crippen molar-refractivity contribution >= 4 is 28.6 Å². The fourth-order valence-corrected chi connectivity index (χ4v) is 4.34. The number of aromatic nitrogens is 2. The molecule has 1 amide bonds. The van der Waals surface area contributed by atoms with E-state index in [0.717, 1.165) is 41.7 Å².